The van der Waals surface area contributed by atoms with Gasteiger partial charge in [-0.15, -0.1) is 0 Å². The normalized spacial score (nSPS) is 21.6. The van der Waals surface area contributed by atoms with Gasteiger partial charge < -0.3 is 20.2 Å². The van der Waals surface area contributed by atoms with E-state index in [0.717, 1.165) is 30.9 Å². The van der Waals surface area contributed by atoms with Crippen LogP contribution in [0.25, 0.3) is 0 Å². The van der Waals surface area contributed by atoms with Crippen LogP contribution in [0.15, 0.2) is 24.3 Å². The van der Waals surface area contributed by atoms with Crippen molar-refractivity contribution in [2.45, 2.75) is 26.0 Å². The summed E-state index contributed by atoms with van der Waals surface area (Å²) in [5.41, 5.74) is 1.60. The van der Waals surface area contributed by atoms with E-state index in [1.165, 1.54) is 0 Å². The summed E-state index contributed by atoms with van der Waals surface area (Å²) in [5.74, 6) is 0. The average Bonchev–Trinajstić information content (AvgIpc) is 2.39. The van der Waals surface area contributed by atoms with Crippen LogP contribution in [0.4, 0.5) is 10.5 Å². The molecule has 110 valence electrons. The maximum Gasteiger partial charge on any atom is 0.322 e. The number of anilines is 1. The summed E-state index contributed by atoms with van der Waals surface area (Å²) in [6, 6.07) is 7.45. The number of hydrogen-bond donors (Lipinski definition) is 2. The van der Waals surface area contributed by atoms with Crippen molar-refractivity contribution in [1.82, 2.24) is 9.80 Å². The van der Waals surface area contributed by atoms with Crippen LogP contribution in [0, 0.1) is 0 Å². The van der Waals surface area contributed by atoms with E-state index >= 15 is 0 Å². The number of hydrogen-bond acceptors (Lipinski definition) is 3. The van der Waals surface area contributed by atoms with Crippen molar-refractivity contribution in [3.63, 3.8) is 0 Å². The fourth-order valence-corrected chi connectivity index (χ4v) is 2.48. The number of carbonyl (C=O) groups excluding carboxylic acids is 1. The monoisotopic (exact) mass is 277 g/mol. The first-order chi connectivity index (χ1) is 9.47. The standard InChI is InChI=1S/C15H23N3O2/c1-11-10-17(3)8-9-18(11)15(20)16-14-6-4-13(5-7-14)12(2)19/h4-7,11-12,19H,8-10H2,1-3H3,(H,16,20). The minimum Gasteiger partial charge on any atom is -0.389 e. The quantitative estimate of drug-likeness (QED) is 0.868. The predicted molar refractivity (Wildman–Crippen MR) is 79.8 cm³/mol. The Morgan fingerprint density at radius 3 is 2.55 bits per heavy atom. The number of nitrogens with one attached hydrogen (secondary N) is 1. The van der Waals surface area contributed by atoms with Gasteiger partial charge in [-0.25, -0.2) is 4.79 Å². The van der Waals surface area contributed by atoms with Gasteiger partial charge in [0.1, 0.15) is 0 Å². The number of aliphatic hydroxyl groups is 1. The molecule has 20 heavy (non-hydrogen) atoms. The molecule has 1 aliphatic heterocycles. The first-order valence-electron chi connectivity index (χ1n) is 7.01. The van der Waals surface area contributed by atoms with E-state index in [1.54, 1.807) is 6.92 Å². The molecule has 2 amide bonds. The maximum absolute atomic E-state index is 12.3. The summed E-state index contributed by atoms with van der Waals surface area (Å²) in [5, 5.41) is 12.4. The molecule has 0 saturated carbocycles. The molecule has 1 saturated heterocycles. The molecule has 1 aromatic carbocycles. The lowest BCUT2D eigenvalue weighted by Gasteiger charge is -2.38. The molecule has 0 radical (unpaired) electrons. The van der Waals surface area contributed by atoms with Gasteiger partial charge in [0.2, 0.25) is 0 Å². The van der Waals surface area contributed by atoms with Crippen LogP contribution in [-0.2, 0) is 0 Å². The fourth-order valence-electron chi connectivity index (χ4n) is 2.48. The highest BCUT2D eigenvalue weighted by Crippen LogP contribution is 2.17. The second kappa shape index (κ2) is 6.24. The third-order valence-corrected chi connectivity index (χ3v) is 3.74. The number of amides is 2. The van der Waals surface area contributed by atoms with Crippen LogP contribution < -0.4 is 5.32 Å². The number of benzene rings is 1. The zero-order chi connectivity index (χ0) is 14.7. The number of aliphatic hydroxyl groups excluding tert-OH is 1. The highest BCUT2D eigenvalue weighted by molar-refractivity contribution is 5.89. The molecule has 0 spiro atoms. The van der Waals surface area contributed by atoms with E-state index in [4.69, 9.17) is 0 Å². The number of carbonyl (C=O) groups is 1. The Morgan fingerprint density at radius 2 is 2.00 bits per heavy atom. The van der Waals surface area contributed by atoms with Gasteiger partial charge in [-0.2, -0.15) is 0 Å². The summed E-state index contributed by atoms with van der Waals surface area (Å²) < 4.78 is 0. The minimum atomic E-state index is -0.489. The molecular formula is C15H23N3O2. The van der Waals surface area contributed by atoms with Gasteiger partial charge in [-0.3, -0.25) is 0 Å². The first-order valence-corrected chi connectivity index (χ1v) is 7.01. The lowest BCUT2D eigenvalue weighted by molar-refractivity contribution is 0.125. The topological polar surface area (TPSA) is 55.8 Å². The van der Waals surface area contributed by atoms with Gasteiger partial charge >= 0.3 is 6.03 Å². The first kappa shape index (κ1) is 14.8. The largest absolute Gasteiger partial charge is 0.389 e. The van der Waals surface area contributed by atoms with Crippen LogP contribution >= 0.6 is 0 Å². The molecule has 0 bridgehead atoms. The fraction of sp³-hybridized carbons (Fsp3) is 0.533. The summed E-state index contributed by atoms with van der Waals surface area (Å²) in [6.07, 6.45) is -0.489. The zero-order valence-electron chi connectivity index (χ0n) is 12.3. The Hall–Kier alpha value is -1.59. The van der Waals surface area contributed by atoms with E-state index in [1.807, 2.05) is 29.2 Å². The van der Waals surface area contributed by atoms with Crippen LogP contribution in [0.1, 0.15) is 25.5 Å². The molecule has 5 nitrogen and oxygen atoms in total. The van der Waals surface area contributed by atoms with Crippen molar-refractivity contribution >= 4 is 11.7 Å². The van der Waals surface area contributed by atoms with Crippen molar-refractivity contribution < 1.29 is 9.90 Å². The predicted octanol–water partition coefficient (Wildman–Crippen LogP) is 1.91. The number of likely N-dealkylation sites (N-methyl/N-ethyl adjacent to an activating group) is 1. The van der Waals surface area contributed by atoms with E-state index in [-0.39, 0.29) is 12.1 Å². The number of rotatable bonds is 2. The molecule has 0 aliphatic carbocycles. The van der Waals surface area contributed by atoms with Crippen LogP contribution in [0.5, 0.6) is 0 Å². The minimum absolute atomic E-state index is 0.0598. The zero-order valence-corrected chi connectivity index (χ0v) is 12.3. The van der Waals surface area contributed by atoms with Crippen molar-refractivity contribution in [3.05, 3.63) is 29.8 Å². The SMILES string of the molecule is CC(O)c1ccc(NC(=O)N2CCN(C)CC2C)cc1. The van der Waals surface area contributed by atoms with Crippen molar-refractivity contribution in [2.24, 2.45) is 0 Å². The lowest BCUT2D eigenvalue weighted by Crippen LogP contribution is -2.53. The Labute approximate surface area is 120 Å². The Kier molecular flexibility index (Phi) is 4.62. The molecule has 1 heterocycles. The second-order valence-electron chi connectivity index (χ2n) is 5.53. The Morgan fingerprint density at radius 1 is 1.35 bits per heavy atom. The lowest BCUT2D eigenvalue weighted by atomic mass is 10.1. The molecule has 2 atom stereocenters. The number of nitrogens with zero attached hydrogens (tertiary/aromatic N) is 2. The van der Waals surface area contributed by atoms with Gasteiger partial charge in [0.15, 0.2) is 0 Å². The molecule has 2 unspecified atom stereocenters. The average molecular weight is 277 g/mol. The van der Waals surface area contributed by atoms with Gasteiger partial charge in [-0.05, 0) is 38.6 Å². The summed E-state index contributed by atoms with van der Waals surface area (Å²) in [6.45, 7) is 6.33. The highest BCUT2D eigenvalue weighted by atomic mass is 16.3. The maximum atomic E-state index is 12.3. The molecule has 0 aromatic heterocycles. The third kappa shape index (κ3) is 3.49. The summed E-state index contributed by atoms with van der Waals surface area (Å²) in [4.78, 5) is 16.3. The third-order valence-electron chi connectivity index (χ3n) is 3.74. The molecule has 1 aliphatic rings. The van der Waals surface area contributed by atoms with E-state index < -0.39 is 6.10 Å². The van der Waals surface area contributed by atoms with Crippen LogP contribution in [0.3, 0.4) is 0 Å². The highest BCUT2D eigenvalue weighted by Gasteiger charge is 2.25. The summed E-state index contributed by atoms with van der Waals surface area (Å²) in [7, 11) is 2.07. The van der Waals surface area contributed by atoms with Gasteiger partial charge in [0.05, 0.1) is 6.10 Å². The van der Waals surface area contributed by atoms with Gasteiger partial charge in [-0.1, -0.05) is 12.1 Å². The molecule has 5 heteroatoms. The van der Waals surface area contributed by atoms with Gasteiger partial charge in [0, 0.05) is 31.4 Å². The van der Waals surface area contributed by atoms with Crippen molar-refractivity contribution in [2.75, 3.05) is 32.0 Å². The van der Waals surface area contributed by atoms with E-state index in [2.05, 4.69) is 24.2 Å². The van der Waals surface area contributed by atoms with Crippen molar-refractivity contribution in [1.29, 1.82) is 0 Å². The number of urea groups is 1. The van der Waals surface area contributed by atoms with Crippen molar-refractivity contribution in [3.8, 4) is 0 Å². The Bertz CT molecular complexity index is 459. The molecule has 2 rings (SSSR count). The number of piperazine rings is 1. The molecule has 1 aromatic rings. The van der Waals surface area contributed by atoms with Crippen LogP contribution in [-0.4, -0.2) is 53.7 Å². The molecular weight excluding hydrogens is 254 g/mol. The summed E-state index contributed by atoms with van der Waals surface area (Å²) >= 11 is 0. The van der Waals surface area contributed by atoms with E-state index in [0.29, 0.717) is 0 Å². The smallest absolute Gasteiger partial charge is 0.322 e. The van der Waals surface area contributed by atoms with Crippen LogP contribution in [0.2, 0.25) is 0 Å². The van der Waals surface area contributed by atoms with E-state index in [9.17, 15) is 9.90 Å². The second-order valence-corrected chi connectivity index (χ2v) is 5.53. The molecule has 2 N–H and O–H groups in total. The molecule has 1 fully saturated rings. The Balaban J connectivity index is 1.97. The van der Waals surface area contributed by atoms with Gasteiger partial charge in [0.25, 0.3) is 0 Å².